The zero-order valence-electron chi connectivity index (χ0n) is 10.9. The minimum Gasteiger partial charge on any atom is -0.366 e. The quantitative estimate of drug-likeness (QED) is 0.679. The van der Waals surface area contributed by atoms with Crippen LogP contribution < -0.4 is 5.32 Å². The van der Waals surface area contributed by atoms with Gasteiger partial charge in [-0.15, -0.1) is 0 Å². The summed E-state index contributed by atoms with van der Waals surface area (Å²) in [6.45, 7) is 1.66. The van der Waals surface area contributed by atoms with Gasteiger partial charge in [-0.1, -0.05) is 0 Å². The van der Waals surface area contributed by atoms with Crippen LogP contribution in [0.3, 0.4) is 0 Å². The first-order chi connectivity index (χ1) is 9.90. The molecule has 1 N–H and O–H groups in total. The van der Waals surface area contributed by atoms with E-state index in [4.69, 9.17) is 5.26 Å². The van der Waals surface area contributed by atoms with E-state index in [-0.39, 0.29) is 11.3 Å². The van der Waals surface area contributed by atoms with Gasteiger partial charge in [0.2, 0.25) is 0 Å². The first kappa shape index (κ1) is 14.9. The van der Waals surface area contributed by atoms with Gasteiger partial charge in [-0.25, -0.2) is 17.6 Å². The molecule has 0 heterocycles. The molecule has 2 aromatic carbocycles. The lowest BCUT2D eigenvalue weighted by Crippen LogP contribution is -2.10. The third-order valence-corrected chi connectivity index (χ3v) is 2.82. The minimum absolute atomic E-state index is 0.0872. The molecule has 6 heteroatoms. The molecule has 0 fully saturated rings. The molecule has 0 saturated heterocycles. The summed E-state index contributed by atoms with van der Waals surface area (Å²) in [4.78, 5) is 0. The van der Waals surface area contributed by atoms with Gasteiger partial charge in [-0.2, -0.15) is 5.26 Å². The van der Waals surface area contributed by atoms with Gasteiger partial charge in [0.15, 0.2) is 17.5 Å². The van der Waals surface area contributed by atoms with Crippen molar-refractivity contribution in [2.45, 2.75) is 13.0 Å². The highest BCUT2D eigenvalue weighted by Crippen LogP contribution is 2.24. The topological polar surface area (TPSA) is 35.8 Å². The van der Waals surface area contributed by atoms with E-state index in [2.05, 4.69) is 5.32 Å². The van der Waals surface area contributed by atoms with Crippen molar-refractivity contribution in [1.29, 1.82) is 5.26 Å². The lowest BCUT2D eigenvalue weighted by Gasteiger charge is -2.14. The Balaban J connectivity index is 2.35. The molecule has 0 saturated carbocycles. The monoisotopic (exact) mass is 294 g/mol. The molecule has 0 aromatic heterocycles. The third-order valence-electron chi connectivity index (χ3n) is 2.82. The molecule has 0 amide bonds. The number of aryl methyl sites for hydroxylation is 1. The Morgan fingerprint density at radius 2 is 1.62 bits per heavy atom. The zero-order valence-corrected chi connectivity index (χ0v) is 10.9. The number of halogens is 4. The molecule has 2 aromatic rings. The largest absolute Gasteiger partial charge is 0.366 e. The van der Waals surface area contributed by atoms with Crippen LogP contribution in [0.1, 0.15) is 17.2 Å². The van der Waals surface area contributed by atoms with Crippen LogP contribution in [0.25, 0.3) is 0 Å². The van der Waals surface area contributed by atoms with Crippen LogP contribution in [0.2, 0.25) is 0 Å². The molecule has 2 rings (SSSR count). The Morgan fingerprint density at radius 1 is 1.00 bits per heavy atom. The summed E-state index contributed by atoms with van der Waals surface area (Å²) in [5.41, 5.74) is 0.811. The summed E-state index contributed by atoms with van der Waals surface area (Å²) in [6.07, 6.45) is 0. The van der Waals surface area contributed by atoms with Crippen molar-refractivity contribution in [3.8, 4) is 6.07 Å². The number of nitriles is 1. The van der Waals surface area contributed by atoms with E-state index in [1.165, 1.54) is 6.07 Å². The Morgan fingerprint density at radius 3 is 2.14 bits per heavy atom. The van der Waals surface area contributed by atoms with E-state index in [9.17, 15) is 17.6 Å². The third kappa shape index (κ3) is 3.31. The minimum atomic E-state index is -1.60. The van der Waals surface area contributed by atoms with E-state index < -0.39 is 29.3 Å². The summed E-state index contributed by atoms with van der Waals surface area (Å²) in [5, 5.41) is 11.7. The highest BCUT2D eigenvalue weighted by atomic mass is 19.2. The fourth-order valence-corrected chi connectivity index (χ4v) is 1.92. The molecule has 0 aliphatic rings. The van der Waals surface area contributed by atoms with Crippen molar-refractivity contribution < 1.29 is 17.6 Å². The first-order valence-electron chi connectivity index (χ1n) is 5.98. The predicted octanol–water partition coefficient (Wildman–Crippen LogP) is 4.23. The van der Waals surface area contributed by atoms with Crippen LogP contribution in [0, 0.1) is 41.5 Å². The normalized spacial score (nSPS) is 11.8. The van der Waals surface area contributed by atoms with Gasteiger partial charge in [0.1, 0.15) is 11.9 Å². The standard InChI is InChI=1S/C15H10F4N2/c1-8-2-10(16)6-11(3-8)21-14(7-20)9-4-12(17)15(19)13(18)5-9/h2-6,14,21H,1H3. The molecule has 0 bridgehead atoms. The van der Waals surface area contributed by atoms with Crippen LogP contribution >= 0.6 is 0 Å². The lowest BCUT2D eigenvalue weighted by molar-refractivity contribution is 0.445. The Kier molecular flexibility index (Phi) is 4.13. The number of benzene rings is 2. The highest BCUT2D eigenvalue weighted by molar-refractivity contribution is 5.49. The fraction of sp³-hybridized carbons (Fsp3) is 0.133. The van der Waals surface area contributed by atoms with Crippen molar-refractivity contribution in [3.05, 3.63) is 64.7 Å². The number of nitrogens with one attached hydrogen (secondary N) is 1. The smallest absolute Gasteiger partial charge is 0.194 e. The second-order valence-electron chi connectivity index (χ2n) is 4.52. The molecular weight excluding hydrogens is 284 g/mol. The second-order valence-corrected chi connectivity index (χ2v) is 4.52. The van der Waals surface area contributed by atoms with Crippen LogP contribution in [-0.4, -0.2) is 0 Å². The molecule has 1 unspecified atom stereocenters. The molecule has 1 atom stereocenters. The Hall–Kier alpha value is -2.55. The summed E-state index contributed by atoms with van der Waals surface area (Å²) >= 11 is 0. The molecule has 21 heavy (non-hydrogen) atoms. The van der Waals surface area contributed by atoms with Crippen LogP contribution in [0.15, 0.2) is 30.3 Å². The van der Waals surface area contributed by atoms with E-state index in [0.717, 1.165) is 18.2 Å². The van der Waals surface area contributed by atoms with Crippen molar-refractivity contribution in [2.75, 3.05) is 5.32 Å². The van der Waals surface area contributed by atoms with Crippen molar-refractivity contribution >= 4 is 5.69 Å². The average molecular weight is 294 g/mol. The van der Waals surface area contributed by atoms with Gasteiger partial charge in [0, 0.05) is 5.69 Å². The number of hydrogen-bond donors (Lipinski definition) is 1. The number of rotatable bonds is 3. The highest BCUT2D eigenvalue weighted by Gasteiger charge is 2.17. The molecule has 0 aliphatic heterocycles. The zero-order chi connectivity index (χ0) is 15.6. The molecular formula is C15H10F4N2. The van der Waals surface area contributed by atoms with E-state index >= 15 is 0 Å². The van der Waals surface area contributed by atoms with Gasteiger partial charge in [-0.3, -0.25) is 0 Å². The fourth-order valence-electron chi connectivity index (χ4n) is 1.92. The van der Waals surface area contributed by atoms with Gasteiger partial charge in [-0.05, 0) is 48.4 Å². The van der Waals surface area contributed by atoms with Crippen molar-refractivity contribution in [3.63, 3.8) is 0 Å². The number of nitrogens with zero attached hydrogens (tertiary/aromatic N) is 1. The van der Waals surface area contributed by atoms with Gasteiger partial charge < -0.3 is 5.32 Å². The van der Waals surface area contributed by atoms with E-state index in [1.807, 2.05) is 0 Å². The van der Waals surface area contributed by atoms with E-state index in [0.29, 0.717) is 5.56 Å². The number of anilines is 1. The molecule has 0 radical (unpaired) electrons. The Bertz CT molecular complexity index is 679. The second kappa shape index (κ2) is 5.83. The summed E-state index contributed by atoms with van der Waals surface area (Å²) in [7, 11) is 0. The van der Waals surface area contributed by atoms with Crippen molar-refractivity contribution in [1.82, 2.24) is 0 Å². The predicted molar refractivity (Wildman–Crippen MR) is 69.4 cm³/mol. The maximum Gasteiger partial charge on any atom is 0.194 e. The summed E-state index contributed by atoms with van der Waals surface area (Å²) < 4.78 is 52.6. The molecule has 0 spiro atoms. The molecule has 0 aliphatic carbocycles. The molecule has 2 nitrogen and oxygen atoms in total. The average Bonchev–Trinajstić information content (AvgIpc) is 2.40. The maximum atomic E-state index is 13.3. The first-order valence-corrected chi connectivity index (χ1v) is 5.98. The van der Waals surface area contributed by atoms with Gasteiger partial charge >= 0.3 is 0 Å². The van der Waals surface area contributed by atoms with Crippen LogP contribution in [-0.2, 0) is 0 Å². The lowest BCUT2D eigenvalue weighted by atomic mass is 10.1. The van der Waals surface area contributed by atoms with Crippen LogP contribution in [0.4, 0.5) is 23.2 Å². The Labute approximate surface area is 118 Å². The summed E-state index contributed by atoms with van der Waals surface area (Å²) in [5.74, 6) is -4.88. The van der Waals surface area contributed by atoms with E-state index in [1.54, 1.807) is 19.1 Å². The van der Waals surface area contributed by atoms with Crippen LogP contribution in [0.5, 0.6) is 0 Å². The van der Waals surface area contributed by atoms with Crippen molar-refractivity contribution in [2.24, 2.45) is 0 Å². The van der Waals surface area contributed by atoms with Gasteiger partial charge in [0.25, 0.3) is 0 Å². The molecule has 108 valence electrons. The summed E-state index contributed by atoms with van der Waals surface area (Å²) in [6, 6.07) is 6.12. The maximum absolute atomic E-state index is 13.3. The number of hydrogen-bond acceptors (Lipinski definition) is 2. The van der Waals surface area contributed by atoms with Gasteiger partial charge in [0.05, 0.1) is 6.07 Å². The SMILES string of the molecule is Cc1cc(F)cc(NC(C#N)c2cc(F)c(F)c(F)c2)c1.